The number of imidazole rings is 1. The number of amides is 1. The zero-order valence-corrected chi connectivity index (χ0v) is 19.5. The van der Waals surface area contributed by atoms with Crippen molar-refractivity contribution in [1.82, 2.24) is 14.5 Å². The van der Waals surface area contributed by atoms with E-state index in [4.69, 9.17) is 9.47 Å². The van der Waals surface area contributed by atoms with E-state index >= 15 is 0 Å². The Morgan fingerprint density at radius 3 is 2.54 bits per heavy atom. The van der Waals surface area contributed by atoms with Gasteiger partial charge in [-0.3, -0.25) is 4.79 Å². The molecule has 0 radical (unpaired) electrons. The van der Waals surface area contributed by atoms with Gasteiger partial charge in [0.15, 0.2) is 23.2 Å². The highest BCUT2D eigenvalue weighted by Crippen LogP contribution is 2.43. The van der Waals surface area contributed by atoms with Crippen molar-refractivity contribution in [3.05, 3.63) is 82.9 Å². The zero-order chi connectivity index (χ0) is 24.9. The maximum absolute atomic E-state index is 13.9. The molecule has 0 N–H and O–H groups in total. The molecule has 6 nitrogen and oxygen atoms in total. The second-order valence-electron chi connectivity index (χ2n) is 8.86. The van der Waals surface area contributed by atoms with Gasteiger partial charge in [0.2, 0.25) is 0 Å². The number of aromatic nitrogens is 2. The van der Waals surface area contributed by atoms with Crippen molar-refractivity contribution in [2.45, 2.75) is 44.9 Å². The second-order valence-corrected chi connectivity index (χ2v) is 8.86. The van der Waals surface area contributed by atoms with Crippen LogP contribution in [0.15, 0.2) is 48.6 Å². The molecule has 1 amide bonds. The third-order valence-electron chi connectivity index (χ3n) is 6.61. The Bertz CT molecular complexity index is 1310. The number of methoxy groups -OCH3 is 1. The summed E-state index contributed by atoms with van der Waals surface area (Å²) in [6.45, 7) is 3.75. The van der Waals surface area contributed by atoms with Crippen molar-refractivity contribution in [1.29, 1.82) is 0 Å². The molecule has 2 saturated heterocycles. The van der Waals surface area contributed by atoms with E-state index in [0.717, 1.165) is 23.5 Å². The van der Waals surface area contributed by atoms with Crippen LogP contribution in [0.1, 0.15) is 42.6 Å². The van der Waals surface area contributed by atoms with Crippen molar-refractivity contribution in [2.75, 3.05) is 7.11 Å². The van der Waals surface area contributed by atoms with Crippen LogP contribution in [0.3, 0.4) is 0 Å². The Kier molecular flexibility index (Phi) is 5.78. The Hall–Kier alpha value is -3.75. The van der Waals surface area contributed by atoms with E-state index in [2.05, 4.69) is 4.98 Å². The van der Waals surface area contributed by atoms with E-state index in [1.54, 1.807) is 30.5 Å². The van der Waals surface area contributed by atoms with E-state index in [1.165, 1.54) is 0 Å². The molecule has 2 aliphatic rings. The van der Waals surface area contributed by atoms with Crippen molar-refractivity contribution in [2.24, 2.45) is 0 Å². The molecular weight excluding hydrogens is 459 g/mol. The van der Waals surface area contributed by atoms with Crippen LogP contribution in [0.4, 0.5) is 13.2 Å². The molecule has 2 aromatic carbocycles. The van der Waals surface area contributed by atoms with Crippen LogP contribution in [0.25, 0.3) is 11.8 Å². The van der Waals surface area contributed by atoms with Gasteiger partial charge in [0.25, 0.3) is 5.91 Å². The minimum absolute atomic E-state index is 0.122. The second kappa shape index (κ2) is 8.79. The Morgan fingerprint density at radius 2 is 1.89 bits per heavy atom. The number of carbonyl (C=O) groups is 1. The number of morpholine rings is 1. The fourth-order valence-electron chi connectivity index (χ4n) is 4.94. The van der Waals surface area contributed by atoms with Crippen LogP contribution in [-0.4, -0.2) is 39.6 Å². The maximum Gasteiger partial charge on any atom is 0.289 e. The summed E-state index contributed by atoms with van der Waals surface area (Å²) >= 11 is 0. The van der Waals surface area contributed by atoms with Gasteiger partial charge in [0.05, 0.1) is 36.9 Å². The van der Waals surface area contributed by atoms with Gasteiger partial charge >= 0.3 is 0 Å². The number of fused-ring (bicyclic) bond motifs is 1. The number of hydrogen-bond acceptors (Lipinski definition) is 4. The number of halogens is 3. The molecule has 0 spiro atoms. The number of carbonyl (C=O) groups excluding carboxylic acids is 1. The minimum Gasteiger partial charge on any atom is -0.495 e. The molecule has 182 valence electrons. The molecule has 1 aromatic heterocycles. The molecule has 9 heteroatoms. The predicted molar refractivity (Wildman–Crippen MR) is 122 cm³/mol. The Labute approximate surface area is 200 Å². The normalized spacial score (nSPS) is 22.9. The van der Waals surface area contributed by atoms with Crippen molar-refractivity contribution in [3.63, 3.8) is 0 Å². The number of benzene rings is 2. The van der Waals surface area contributed by atoms with Crippen molar-refractivity contribution in [3.8, 4) is 11.4 Å². The topological polar surface area (TPSA) is 56.6 Å². The largest absolute Gasteiger partial charge is 0.495 e. The van der Waals surface area contributed by atoms with Gasteiger partial charge in [-0.2, -0.15) is 0 Å². The molecule has 3 aromatic rings. The molecule has 2 fully saturated rings. The van der Waals surface area contributed by atoms with Crippen LogP contribution in [0.2, 0.25) is 0 Å². The number of ether oxygens (including phenoxy) is 2. The lowest BCUT2D eigenvalue weighted by atomic mass is 10.0. The summed E-state index contributed by atoms with van der Waals surface area (Å²) in [5, 5.41) is 0. The van der Waals surface area contributed by atoms with Gasteiger partial charge in [-0.15, -0.1) is 0 Å². The van der Waals surface area contributed by atoms with Crippen LogP contribution < -0.4 is 4.74 Å². The van der Waals surface area contributed by atoms with E-state index < -0.39 is 23.5 Å². The molecule has 35 heavy (non-hydrogen) atoms. The molecule has 0 aliphatic carbocycles. The quantitative estimate of drug-likeness (QED) is 0.383. The lowest BCUT2D eigenvalue weighted by molar-refractivity contribution is -0.144. The van der Waals surface area contributed by atoms with Crippen LogP contribution in [0.5, 0.6) is 5.75 Å². The monoisotopic (exact) mass is 483 g/mol. The zero-order valence-electron chi connectivity index (χ0n) is 19.5. The first-order chi connectivity index (χ1) is 16.8. The van der Waals surface area contributed by atoms with Gasteiger partial charge < -0.3 is 18.9 Å². The average Bonchev–Trinajstić information content (AvgIpc) is 3.47. The molecule has 0 saturated carbocycles. The molecule has 3 heterocycles. The van der Waals surface area contributed by atoms with E-state index in [1.807, 2.05) is 36.7 Å². The molecule has 2 aliphatic heterocycles. The van der Waals surface area contributed by atoms with Crippen LogP contribution in [0, 0.1) is 24.4 Å². The van der Waals surface area contributed by atoms with Gasteiger partial charge in [0.1, 0.15) is 11.9 Å². The highest BCUT2D eigenvalue weighted by atomic mass is 19.2. The summed E-state index contributed by atoms with van der Waals surface area (Å²) in [7, 11) is 1.56. The SMILES string of the molecule is COc1cc(C=C2O[C@@H](C)[C@H]3CC[C@@H](c4cc(F)c(F)c(F)c4)N3C2=O)ccc1-n1cnc(C)c1. The Morgan fingerprint density at radius 1 is 1.14 bits per heavy atom. The maximum atomic E-state index is 13.9. The first kappa shape index (κ1) is 23.0. The third kappa shape index (κ3) is 4.05. The first-order valence-corrected chi connectivity index (χ1v) is 11.3. The smallest absolute Gasteiger partial charge is 0.289 e. The van der Waals surface area contributed by atoms with E-state index in [-0.39, 0.29) is 29.4 Å². The van der Waals surface area contributed by atoms with Crippen molar-refractivity contribution >= 4 is 12.0 Å². The summed E-state index contributed by atoms with van der Waals surface area (Å²) < 4.78 is 54.7. The predicted octanol–water partition coefficient (Wildman–Crippen LogP) is 5.10. The molecule has 0 bridgehead atoms. The fraction of sp³-hybridized carbons (Fsp3) is 0.308. The number of aryl methyl sites for hydroxylation is 1. The Balaban J connectivity index is 1.48. The lowest BCUT2D eigenvalue weighted by Crippen LogP contribution is -2.49. The summed E-state index contributed by atoms with van der Waals surface area (Å²) in [6, 6.07) is 6.58. The van der Waals surface area contributed by atoms with Crippen LogP contribution >= 0.6 is 0 Å². The molecule has 3 atom stereocenters. The highest BCUT2D eigenvalue weighted by Gasteiger charge is 2.46. The summed E-state index contributed by atoms with van der Waals surface area (Å²) in [6.07, 6.45) is 5.97. The van der Waals surface area contributed by atoms with Crippen LogP contribution in [-0.2, 0) is 9.53 Å². The number of rotatable bonds is 4. The van der Waals surface area contributed by atoms with Gasteiger partial charge in [-0.05, 0) is 68.2 Å². The lowest BCUT2D eigenvalue weighted by Gasteiger charge is -2.39. The average molecular weight is 483 g/mol. The molecule has 0 unspecified atom stereocenters. The van der Waals surface area contributed by atoms with E-state index in [0.29, 0.717) is 24.2 Å². The first-order valence-electron chi connectivity index (χ1n) is 11.3. The third-order valence-corrected chi connectivity index (χ3v) is 6.61. The standard InChI is InChI=1S/C26H24F3N3O3/c1-14-12-31(13-30-14)22-5-4-16(8-23(22)34-3)9-24-26(33)32-20(15(2)35-24)6-7-21(32)17-10-18(27)25(29)19(28)11-17/h4-5,8-13,15,20-21H,6-7H2,1-3H3/t15-,20+,21-/m0/s1. The van der Waals surface area contributed by atoms with Gasteiger partial charge in [-0.25, -0.2) is 18.2 Å². The highest BCUT2D eigenvalue weighted by molar-refractivity contribution is 5.97. The summed E-state index contributed by atoms with van der Waals surface area (Å²) in [4.78, 5) is 19.3. The summed E-state index contributed by atoms with van der Waals surface area (Å²) in [5.74, 6) is -3.73. The molecular formula is C26H24F3N3O3. The van der Waals surface area contributed by atoms with Gasteiger partial charge in [0, 0.05) is 6.20 Å². The molecule has 5 rings (SSSR count). The number of hydrogen-bond donors (Lipinski definition) is 0. The number of nitrogens with zero attached hydrogens (tertiary/aromatic N) is 3. The summed E-state index contributed by atoms with van der Waals surface area (Å²) in [5.41, 5.74) is 2.57. The van der Waals surface area contributed by atoms with Gasteiger partial charge in [-0.1, -0.05) is 6.07 Å². The minimum atomic E-state index is -1.52. The fourth-order valence-corrected chi connectivity index (χ4v) is 4.94. The van der Waals surface area contributed by atoms with Crippen molar-refractivity contribution < 1.29 is 27.4 Å². The van der Waals surface area contributed by atoms with E-state index in [9.17, 15) is 18.0 Å².